The molecular formula is C21H30F3N3O3. The summed E-state index contributed by atoms with van der Waals surface area (Å²) in [5, 5.41) is 0. The molecular weight excluding hydrogens is 399 g/mol. The molecule has 2 aliphatic rings. The Balaban J connectivity index is 1.65. The van der Waals surface area contributed by atoms with E-state index in [2.05, 4.69) is 9.64 Å². The van der Waals surface area contributed by atoms with Crippen LogP contribution in [0.15, 0.2) is 18.2 Å². The van der Waals surface area contributed by atoms with E-state index in [9.17, 15) is 18.0 Å². The van der Waals surface area contributed by atoms with E-state index in [1.54, 1.807) is 11.0 Å². The normalized spacial score (nSPS) is 18.6. The molecule has 0 unspecified atom stereocenters. The first-order valence-corrected chi connectivity index (χ1v) is 10.3. The van der Waals surface area contributed by atoms with Gasteiger partial charge in [-0.2, -0.15) is 0 Å². The van der Waals surface area contributed by atoms with Crippen molar-refractivity contribution in [3.05, 3.63) is 23.8 Å². The zero-order valence-corrected chi connectivity index (χ0v) is 17.8. The van der Waals surface area contributed by atoms with Gasteiger partial charge in [-0.3, -0.25) is 4.90 Å². The summed E-state index contributed by atoms with van der Waals surface area (Å²) in [4.78, 5) is 17.9. The quantitative estimate of drug-likeness (QED) is 0.717. The lowest BCUT2D eigenvalue weighted by atomic mass is 10.1. The van der Waals surface area contributed by atoms with Gasteiger partial charge < -0.3 is 19.3 Å². The lowest BCUT2D eigenvalue weighted by molar-refractivity contribution is -0.275. The number of halogens is 3. The van der Waals surface area contributed by atoms with Crippen molar-refractivity contribution < 1.29 is 27.4 Å². The highest BCUT2D eigenvalue weighted by atomic mass is 19.4. The van der Waals surface area contributed by atoms with Crippen LogP contribution in [0, 0.1) is 0 Å². The Bertz CT molecular complexity index is 735. The van der Waals surface area contributed by atoms with E-state index < -0.39 is 12.0 Å². The van der Waals surface area contributed by atoms with Crippen LogP contribution in [0.5, 0.6) is 5.75 Å². The van der Waals surface area contributed by atoms with Crippen LogP contribution < -0.4 is 9.64 Å². The van der Waals surface area contributed by atoms with E-state index >= 15 is 0 Å². The number of carbonyl (C=O) groups excluding carboxylic acids is 1. The number of rotatable bonds is 4. The highest BCUT2D eigenvalue weighted by Crippen LogP contribution is 2.33. The van der Waals surface area contributed by atoms with Crippen molar-refractivity contribution in [2.45, 2.75) is 52.1 Å². The van der Waals surface area contributed by atoms with E-state index in [-0.39, 0.29) is 11.8 Å². The Morgan fingerprint density at radius 2 is 1.63 bits per heavy atom. The molecule has 0 aliphatic carbocycles. The molecule has 0 radical (unpaired) electrons. The standard InChI is InChI=1S/C21H30F3N3O3/c1-20(2,3)30-19(28)27-12-10-25(11-13-27)15-16-6-7-17(26-8-4-5-9-26)14-18(16)29-21(22,23)24/h6-7,14H,4-5,8-13,15H2,1-3H3. The molecule has 2 saturated heterocycles. The minimum Gasteiger partial charge on any atom is -0.444 e. The third-order valence-electron chi connectivity index (χ3n) is 5.17. The van der Waals surface area contributed by atoms with Gasteiger partial charge in [0.15, 0.2) is 0 Å². The van der Waals surface area contributed by atoms with Gasteiger partial charge in [-0.25, -0.2) is 4.79 Å². The molecule has 0 atom stereocenters. The van der Waals surface area contributed by atoms with Crippen molar-refractivity contribution >= 4 is 11.8 Å². The minimum absolute atomic E-state index is 0.151. The summed E-state index contributed by atoms with van der Waals surface area (Å²) in [6.07, 6.45) is -3.02. The second-order valence-corrected chi connectivity index (χ2v) is 8.78. The van der Waals surface area contributed by atoms with Gasteiger partial charge in [-0.15, -0.1) is 13.2 Å². The van der Waals surface area contributed by atoms with E-state index in [0.717, 1.165) is 31.6 Å². The largest absolute Gasteiger partial charge is 0.573 e. The average Bonchev–Trinajstić information content (AvgIpc) is 3.16. The van der Waals surface area contributed by atoms with Crippen molar-refractivity contribution in [2.24, 2.45) is 0 Å². The second kappa shape index (κ2) is 8.91. The highest BCUT2D eigenvalue weighted by Gasteiger charge is 2.33. The Morgan fingerprint density at radius 3 is 2.20 bits per heavy atom. The number of hydrogen-bond donors (Lipinski definition) is 0. The van der Waals surface area contributed by atoms with Gasteiger partial charge in [-0.05, 0) is 39.7 Å². The summed E-state index contributed by atoms with van der Waals surface area (Å²) in [5.74, 6) is -0.151. The Kier molecular flexibility index (Phi) is 6.69. The highest BCUT2D eigenvalue weighted by molar-refractivity contribution is 5.68. The number of benzene rings is 1. The number of carbonyl (C=O) groups is 1. The van der Waals surface area contributed by atoms with Gasteiger partial charge >= 0.3 is 12.5 Å². The molecule has 30 heavy (non-hydrogen) atoms. The van der Waals surface area contributed by atoms with Crippen molar-refractivity contribution in [3.63, 3.8) is 0 Å². The van der Waals surface area contributed by atoms with Crippen LogP contribution in [0.4, 0.5) is 23.7 Å². The van der Waals surface area contributed by atoms with E-state index in [4.69, 9.17) is 4.74 Å². The molecule has 1 aromatic carbocycles. The molecule has 168 valence electrons. The lowest BCUT2D eigenvalue weighted by Crippen LogP contribution is -2.49. The molecule has 0 saturated carbocycles. The monoisotopic (exact) mass is 429 g/mol. The fourth-order valence-electron chi connectivity index (χ4n) is 3.72. The molecule has 9 heteroatoms. The fraction of sp³-hybridized carbons (Fsp3) is 0.667. The van der Waals surface area contributed by atoms with E-state index in [1.165, 1.54) is 6.07 Å². The summed E-state index contributed by atoms with van der Waals surface area (Å²) >= 11 is 0. The molecule has 0 spiro atoms. The smallest absolute Gasteiger partial charge is 0.444 e. The molecule has 2 aliphatic heterocycles. The van der Waals surface area contributed by atoms with Gasteiger partial charge in [0, 0.05) is 63.1 Å². The van der Waals surface area contributed by atoms with Crippen LogP contribution in [-0.2, 0) is 11.3 Å². The lowest BCUT2D eigenvalue weighted by Gasteiger charge is -2.35. The first-order valence-electron chi connectivity index (χ1n) is 10.3. The fourth-order valence-corrected chi connectivity index (χ4v) is 3.72. The number of anilines is 1. The molecule has 0 N–H and O–H groups in total. The number of piperazine rings is 1. The zero-order valence-electron chi connectivity index (χ0n) is 17.8. The summed E-state index contributed by atoms with van der Waals surface area (Å²) in [6.45, 7) is 9.51. The summed E-state index contributed by atoms with van der Waals surface area (Å²) in [5.41, 5.74) is 0.682. The van der Waals surface area contributed by atoms with Crippen molar-refractivity contribution in [3.8, 4) is 5.75 Å². The third-order valence-corrected chi connectivity index (χ3v) is 5.17. The Morgan fingerprint density at radius 1 is 1.00 bits per heavy atom. The zero-order chi connectivity index (χ0) is 21.9. The second-order valence-electron chi connectivity index (χ2n) is 8.78. The van der Waals surface area contributed by atoms with Gasteiger partial charge in [0.2, 0.25) is 0 Å². The number of amides is 1. The van der Waals surface area contributed by atoms with Crippen LogP contribution >= 0.6 is 0 Å². The SMILES string of the molecule is CC(C)(C)OC(=O)N1CCN(Cc2ccc(N3CCCC3)cc2OC(F)(F)F)CC1. The maximum Gasteiger partial charge on any atom is 0.573 e. The predicted octanol–water partition coefficient (Wildman–Crippen LogP) is 4.24. The predicted molar refractivity (Wildman–Crippen MR) is 108 cm³/mol. The Labute approximate surface area is 175 Å². The summed E-state index contributed by atoms with van der Waals surface area (Å²) < 4.78 is 48.7. The van der Waals surface area contributed by atoms with Crippen LogP contribution in [0.2, 0.25) is 0 Å². The molecule has 0 bridgehead atoms. The van der Waals surface area contributed by atoms with Crippen molar-refractivity contribution in [1.29, 1.82) is 0 Å². The maximum atomic E-state index is 13.0. The van der Waals surface area contributed by atoms with Crippen LogP contribution in [0.1, 0.15) is 39.2 Å². The van der Waals surface area contributed by atoms with Crippen molar-refractivity contribution in [1.82, 2.24) is 9.80 Å². The number of ether oxygens (including phenoxy) is 2. The van der Waals surface area contributed by atoms with Crippen LogP contribution in [-0.4, -0.2) is 67.1 Å². The maximum absolute atomic E-state index is 13.0. The Hall–Kier alpha value is -2.16. The average molecular weight is 429 g/mol. The summed E-state index contributed by atoms with van der Waals surface area (Å²) in [6, 6.07) is 5.07. The molecule has 2 fully saturated rings. The molecule has 3 rings (SSSR count). The number of nitrogens with zero attached hydrogens (tertiary/aromatic N) is 3. The van der Waals surface area contributed by atoms with Gasteiger partial charge in [0.1, 0.15) is 11.4 Å². The molecule has 1 amide bonds. The summed E-state index contributed by atoms with van der Waals surface area (Å²) in [7, 11) is 0. The molecule has 6 nitrogen and oxygen atoms in total. The van der Waals surface area contributed by atoms with Gasteiger partial charge in [-0.1, -0.05) is 6.07 Å². The molecule has 2 heterocycles. The van der Waals surface area contributed by atoms with Gasteiger partial charge in [0.25, 0.3) is 0 Å². The molecule has 0 aromatic heterocycles. The topological polar surface area (TPSA) is 45.2 Å². The first-order chi connectivity index (χ1) is 14.0. The van der Waals surface area contributed by atoms with E-state index in [0.29, 0.717) is 38.3 Å². The number of alkyl halides is 3. The van der Waals surface area contributed by atoms with Crippen LogP contribution in [0.3, 0.4) is 0 Å². The number of hydrogen-bond acceptors (Lipinski definition) is 5. The third kappa shape index (κ3) is 6.42. The minimum atomic E-state index is -4.74. The van der Waals surface area contributed by atoms with Crippen LogP contribution in [0.25, 0.3) is 0 Å². The first kappa shape index (κ1) is 22.5. The molecule has 1 aromatic rings. The van der Waals surface area contributed by atoms with E-state index in [1.807, 2.05) is 31.7 Å². The van der Waals surface area contributed by atoms with Crippen molar-refractivity contribution in [2.75, 3.05) is 44.2 Å². The van der Waals surface area contributed by atoms with Gasteiger partial charge in [0.05, 0.1) is 0 Å².